The molecular formula is C19H32O5Si. The van der Waals surface area contributed by atoms with Crippen LogP contribution in [0.3, 0.4) is 0 Å². The van der Waals surface area contributed by atoms with Crippen LogP contribution in [0.4, 0.5) is 0 Å². The number of fused-ring (bicyclic) bond motifs is 5. The zero-order valence-electron chi connectivity index (χ0n) is 16.2. The number of allylic oxidation sites excluding steroid dienone is 2. The monoisotopic (exact) mass is 368 g/mol. The molecule has 2 N–H and O–H groups in total. The first-order valence-electron chi connectivity index (χ1n) is 9.27. The number of carbonyl (C=O) groups excluding carboxylic acids is 1. The second-order valence-corrected chi connectivity index (χ2v) is 14.3. The third-order valence-electron chi connectivity index (χ3n) is 7.17. The van der Waals surface area contributed by atoms with Crippen LogP contribution in [-0.2, 0) is 14.0 Å². The Morgan fingerprint density at radius 1 is 1.20 bits per heavy atom. The molecule has 0 aromatic rings. The van der Waals surface area contributed by atoms with Gasteiger partial charge in [0.15, 0.2) is 13.9 Å². The van der Waals surface area contributed by atoms with Gasteiger partial charge in [0.2, 0.25) is 0 Å². The van der Waals surface area contributed by atoms with Gasteiger partial charge in [0.1, 0.15) is 0 Å². The van der Waals surface area contributed by atoms with Crippen molar-refractivity contribution in [1.29, 1.82) is 0 Å². The average Bonchev–Trinajstić information content (AvgIpc) is 3.11. The minimum atomic E-state index is -2.08. The molecule has 25 heavy (non-hydrogen) atoms. The summed E-state index contributed by atoms with van der Waals surface area (Å²) in [6.07, 6.45) is 4.08. The maximum atomic E-state index is 12.3. The molecule has 0 spiro atoms. The SMILES string of the molecule is COC(=O)[C@]1(O)C[C@H](O[Si](C)(C)C(C)(C)C)C2C([C@H]3C=C[C@@H]2C3)[C@@H]1O. The summed E-state index contributed by atoms with van der Waals surface area (Å²) in [7, 11) is -0.825. The standard InChI is InChI=1S/C19H32O5Si/c1-18(2,3)25(5,6)24-13-10-19(22,17(21)23-4)16(20)15-12-8-7-11(9-12)14(13)15/h7-8,11-16,20,22H,9-10H2,1-6H3/t11-,12+,13+,14?,15?,16+,19+/m1/s1. The summed E-state index contributed by atoms with van der Waals surface area (Å²) >= 11 is 0. The molecule has 2 bridgehead atoms. The number of aliphatic hydroxyl groups excluding tert-OH is 1. The highest BCUT2D eigenvalue weighted by atomic mass is 28.4. The maximum absolute atomic E-state index is 12.3. The Kier molecular flexibility index (Phi) is 4.51. The Labute approximate surface area is 151 Å². The highest BCUT2D eigenvalue weighted by Gasteiger charge is 2.64. The van der Waals surface area contributed by atoms with E-state index in [-0.39, 0.29) is 35.3 Å². The van der Waals surface area contributed by atoms with Crippen LogP contribution in [0.1, 0.15) is 33.6 Å². The van der Waals surface area contributed by atoms with Gasteiger partial charge in [-0.05, 0) is 42.3 Å². The average molecular weight is 369 g/mol. The molecule has 142 valence electrons. The van der Waals surface area contributed by atoms with Gasteiger partial charge in [-0.1, -0.05) is 32.9 Å². The lowest BCUT2D eigenvalue weighted by molar-refractivity contribution is -0.205. The molecule has 3 aliphatic rings. The van der Waals surface area contributed by atoms with E-state index in [0.29, 0.717) is 5.92 Å². The van der Waals surface area contributed by atoms with E-state index < -0.39 is 26.0 Å². The van der Waals surface area contributed by atoms with Crippen LogP contribution in [0.2, 0.25) is 18.1 Å². The van der Waals surface area contributed by atoms with Gasteiger partial charge < -0.3 is 19.4 Å². The van der Waals surface area contributed by atoms with Crippen molar-refractivity contribution in [2.75, 3.05) is 7.11 Å². The molecule has 7 atom stereocenters. The number of ether oxygens (including phenoxy) is 1. The molecule has 6 heteroatoms. The molecule has 2 saturated carbocycles. The van der Waals surface area contributed by atoms with Crippen LogP contribution in [-0.4, -0.2) is 49.4 Å². The number of hydrogen-bond acceptors (Lipinski definition) is 5. The first-order chi connectivity index (χ1) is 11.4. The molecule has 2 fully saturated rings. The van der Waals surface area contributed by atoms with E-state index in [0.717, 1.165) is 6.42 Å². The third-order valence-corrected chi connectivity index (χ3v) is 11.7. The number of aliphatic hydroxyl groups is 2. The fourth-order valence-electron chi connectivity index (χ4n) is 4.80. The molecule has 0 aromatic heterocycles. The lowest BCUT2D eigenvalue weighted by Gasteiger charge is -2.51. The van der Waals surface area contributed by atoms with Gasteiger partial charge in [0.25, 0.3) is 0 Å². The highest BCUT2D eigenvalue weighted by molar-refractivity contribution is 6.74. The predicted molar refractivity (Wildman–Crippen MR) is 97.4 cm³/mol. The molecule has 2 unspecified atom stereocenters. The predicted octanol–water partition coefficient (Wildman–Crippen LogP) is 2.48. The van der Waals surface area contributed by atoms with Gasteiger partial charge in [0.05, 0.1) is 19.3 Å². The Morgan fingerprint density at radius 2 is 1.76 bits per heavy atom. The summed E-state index contributed by atoms with van der Waals surface area (Å²) in [6, 6.07) is 0. The van der Waals surface area contributed by atoms with Crippen molar-refractivity contribution in [3.05, 3.63) is 12.2 Å². The first kappa shape index (κ1) is 19.1. The second-order valence-electron chi connectivity index (χ2n) is 9.58. The van der Waals surface area contributed by atoms with Gasteiger partial charge >= 0.3 is 5.97 Å². The molecular weight excluding hydrogens is 336 g/mol. The van der Waals surface area contributed by atoms with Crippen molar-refractivity contribution >= 4 is 14.3 Å². The highest BCUT2D eigenvalue weighted by Crippen LogP contribution is 2.57. The Hall–Kier alpha value is -0.693. The summed E-state index contributed by atoms with van der Waals surface area (Å²) in [5, 5.41) is 21.9. The largest absolute Gasteiger partial charge is 0.467 e. The van der Waals surface area contributed by atoms with Gasteiger partial charge in [-0.25, -0.2) is 4.79 Å². The fraction of sp³-hybridized carbons (Fsp3) is 0.842. The van der Waals surface area contributed by atoms with Crippen molar-refractivity contribution in [2.45, 2.75) is 69.6 Å². The van der Waals surface area contributed by atoms with E-state index in [2.05, 4.69) is 46.0 Å². The number of esters is 1. The van der Waals surface area contributed by atoms with E-state index >= 15 is 0 Å². The minimum absolute atomic E-state index is 0.0371. The molecule has 0 saturated heterocycles. The van der Waals surface area contributed by atoms with E-state index in [4.69, 9.17) is 9.16 Å². The van der Waals surface area contributed by atoms with Crippen LogP contribution in [0, 0.1) is 23.7 Å². The van der Waals surface area contributed by atoms with Crippen LogP contribution < -0.4 is 0 Å². The van der Waals surface area contributed by atoms with Crippen molar-refractivity contribution in [1.82, 2.24) is 0 Å². The smallest absolute Gasteiger partial charge is 0.340 e. The second kappa shape index (κ2) is 5.91. The molecule has 3 rings (SSSR count). The number of rotatable bonds is 3. The van der Waals surface area contributed by atoms with E-state index in [1.807, 2.05) is 0 Å². The van der Waals surface area contributed by atoms with Crippen molar-refractivity contribution in [3.63, 3.8) is 0 Å². The summed E-state index contributed by atoms with van der Waals surface area (Å²) in [5.74, 6) is -0.186. The fourth-order valence-corrected chi connectivity index (χ4v) is 6.16. The normalized spacial score (nSPS) is 43.2. The van der Waals surface area contributed by atoms with Crippen LogP contribution in [0.15, 0.2) is 12.2 Å². The van der Waals surface area contributed by atoms with Crippen molar-refractivity contribution < 1.29 is 24.2 Å². The van der Waals surface area contributed by atoms with Crippen molar-refractivity contribution in [2.24, 2.45) is 23.7 Å². The summed E-state index contributed by atoms with van der Waals surface area (Å²) in [5.41, 5.74) is -1.89. The number of hydrogen-bond donors (Lipinski definition) is 2. The molecule has 3 aliphatic carbocycles. The number of carbonyl (C=O) groups is 1. The lowest BCUT2D eigenvalue weighted by Crippen LogP contribution is -2.64. The van der Waals surface area contributed by atoms with E-state index in [1.54, 1.807) is 0 Å². The van der Waals surface area contributed by atoms with Crippen LogP contribution >= 0.6 is 0 Å². The third kappa shape index (κ3) is 2.82. The lowest BCUT2D eigenvalue weighted by atomic mass is 9.64. The van der Waals surface area contributed by atoms with Gasteiger partial charge in [-0.3, -0.25) is 0 Å². The molecule has 0 aliphatic heterocycles. The van der Waals surface area contributed by atoms with Gasteiger partial charge in [0, 0.05) is 12.3 Å². The van der Waals surface area contributed by atoms with E-state index in [1.165, 1.54) is 7.11 Å². The van der Waals surface area contributed by atoms with E-state index in [9.17, 15) is 15.0 Å². The van der Waals surface area contributed by atoms with Crippen LogP contribution in [0.5, 0.6) is 0 Å². The van der Waals surface area contributed by atoms with Gasteiger partial charge in [-0.2, -0.15) is 0 Å². The summed E-state index contributed by atoms with van der Waals surface area (Å²) in [6.45, 7) is 10.9. The number of methoxy groups -OCH3 is 1. The zero-order chi connectivity index (χ0) is 18.8. The topological polar surface area (TPSA) is 76.0 Å². The van der Waals surface area contributed by atoms with Crippen molar-refractivity contribution in [3.8, 4) is 0 Å². The maximum Gasteiger partial charge on any atom is 0.340 e. The molecule has 0 radical (unpaired) electrons. The molecule has 5 nitrogen and oxygen atoms in total. The zero-order valence-corrected chi connectivity index (χ0v) is 17.2. The molecule has 0 heterocycles. The molecule has 0 aromatic carbocycles. The minimum Gasteiger partial charge on any atom is -0.467 e. The summed E-state index contributed by atoms with van der Waals surface area (Å²) in [4.78, 5) is 12.3. The van der Waals surface area contributed by atoms with Gasteiger partial charge in [-0.15, -0.1) is 0 Å². The quantitative estimate of drug-likeness (QED) is 0.455. The Bertz CT molecular complexity index is 581. The Balaban J connectivity index is 1.96. The summed E-state index contributed by atoms with van der Waals surface area (Å²) < 4.78 is 11.5. The molecule has 0 amide bonds. The Morgan fingerprint density at radius 3 is 2.28 bits per heavy atom. The first-order valence-corrected chi connectivity index (χ1v) is 12.2. The van der Waals surface area contributed by atoms with Crippen LogP contribution in [0.25, 0.3) is 0 Å².